The number of benzene rings is 1. The highest BCUT2D eigenvalue weighted by atomic mass is 35.5. The average Bonchev–Trinajstić information content (AvgIpc) is 2.47. The third-order valence-corrected chi connectivity index (χ3v) is 4.32. The van der Waals surface area contributed by atoms with Crippen LogP contribution in [-0.2, 0) is 11.2 Å². The van der Waals surface area contributed by atoms with Crippen molar-refractivity contribution in [2.45, 2.75) is 58.6 Å². The average molecular weight is 298 g/mol. The minimum Gasteiger partial charge on any atom is -0.374 e. The smallest absolute Gasteiger partial charge is 0.0832 e. The second kappa shape index (κ2) is 8.66. The topological polar surface area (TPSA) is 21.3 Å². The number of hydrogen-bond donors (Lipinski definition) is 1. The molecule has 0 radical (unpaired) electrons. The Morgan fingerprint density at radius 3 is 2.15 bits per heavy atom. The molecule has 0 bridgehead atoms. The molecule has 0 aliphatic heterocycles. The summed E-state index contributed by atoms with van der Waals surface area (Å²) in [6.45, 7) is 10.4. The van der Waals surface area contributed by atoms with Gasteiger partial charge in [0.2, 0.25) is 0 Å². The zero-order chi connectivity index (χ0) is 15.0. The predicted molar refractivity (Wildman–Crippen MR) is 87.6 cm³/mol. The van der Waals surface area contributed by atoms with Gasteiger partial charge >= 0.3 is 0 Å². The van der Waals surface area contributed by atoms with Crippen LogP contribution in [-0.4, -0.2) is 24.8 Å². The highest BCUT2D eigenvalue weighted by molar-refractivity contribution is 6.30. The molecule has 3 heteroatoms. The highest BCUT2D eigenvalue weighted by Crippen LogP contribution is 2.27. The number of likely N-dealkylation sites (N-methyl/N-ethyl adjacent to an activating group) is 1. The molecular weight excluding hydrogens is 270 g/mol. The van der Waals surface area contributed by atoms with Crippen molar-refractivity contribution in [2.75, 3.05) is 13.2 Å². The second-order valence-corrected chi connectivity index (χ2v) is 5.58. The Bertz CT molecular complexity index is 373. The fraction of sp³-hybridized carbons (Fsp3) is 0.647. The van der Waals surface area contributed by atoms with E-state index >= 15 is 0 Å². The minimum atomic E-state index is -0.0929. The van der Waals surface area contributed by atoms with Gasteiger partial charge in [-0.3, -0.25) is 0 Å². The highest BCUT2D eigenvalue weighted by Gasteiger charge is 2.35. The van der Waals surface area contributed by atoms with Gasteiger partial charge in [0, 0.05) is 17.7 Å². The van der Waals surface area contributed by atoms with E-state index < -0.39 is 0 Å². The largest absolute Gasteiger partial charge is 0.374 e. The lowest BCUT2D eigenvalue weighted by Crippen LogP contribution is -2.53. The zero-order valence-electron chi connectivity index (χ0n) is 13.2. The van der Waals surface area contributed by atoms with Crippen molar-refractivity contribution >= 4 is 11.6 Å². The van der Waals surface area contributed by atoms with E-state index in [1.807, 2.05) is 12.1 Å². The molecule has 0 saturated heterocycles. The molecule has 0 amide bonds. The van der Waals surface area contributed by atoms with Gasteiger partial charge in [0.1, 0.15) is 0 Å². The van der Waals surface area contributed by atoms with Crippen LogP contribution in [0.2, 0.25) is 5.02 Å². The summed E-state index contributed by atoms with van der Waals surface area (Å²) >= 11 is 5.96. The SMILES string of the molecule is CCNC(Cc1ccc(Cl)cc1)C(CC)(CC)OCC. The van der Waals surface area contributed by atoms with Crippen molar-refractivity contribution in [2.24, 2.45) is 0 Å². The first-order valence-electron chi connectivity index (χ1n) is 7.73. The van der Waals surface area contributed by atoms with E-state index in [2.05, 4.69) is 45.1 Å². The van der Waals surface area contributed by atoms with Crippen LogP contribution in [0.4, 0.5) is 0 Å². The molecule has 0 saturated carbocycles. The van der Waals surface area contributed by atoms with Gasteiger partial charge in [0.15, 0.2) is 0 Å². The lowest BCUT2D eigenvalue weighted by Gasteiger charge is -2.40. The summed E-state index contributed by atoms with van der Waals surface area (Å²) in [4.78, 5) is 0. The first-order valence-corrected chi connectivity index (χ1v) is 8.11. The van der Waals surface area contributed by atoms with Crippen molar-refractivity contribution in [3.63, 3.8) is 0 Å². The minimum absolute atomic E-state index is 0.0929. The molecule has 0 heterocycles. The number of nitrogens with one attached hydrogen (secondary N) is 1. The molecule has 2 nitrogen and oxygen atoms in total. The van der Waals surface area contributed by atoms with E-state index in [4.69, 9.17) is 16.3 Å². The third kappa shape index (κ3) is 4.47. The number of rotatable bonds is 9. The van der Waals surface area contributed by atoms with E-state index in [-0.39, 0.29) is 5.60 Å². The molecule has 0 fully saturated rings. The summed E-state index contributed by atoms with van der Waals surface area (Å²) in [7, 11) is 0. The fourth-order valence-corrected chi connectivity index (χ4v) is 3.01. The number of hydrogen-bond acceptors (Lipinski definition) is 2. The van der Waals surface area contributed by atoms with Crippen molar-refractivity contribution in [3.8, 4) is 0 Å². The molecule has 0 spiro atoms. The van der Waals surface area contributed by atoms with Gasteiger partial charge in [-0.25, -0.2) is 0 Å². The molecule has 1 N–H and O–H groups in total. The van der Waals surface area contributed by atoms with Gasteiger partial charge in [-0.2, -0.15) is 0 Å². The summed E-state index contributed by atoms with van der Waals surface area (Å²) in [5.41, 5.74) is 1.20. The number of ether oxygens (including phenoxy) is 1. The maximum absolute atomic E-state index is 6.15. The Balaban J connectivity index is 2.93. The van der Waals surface area contributed by atoms with Crippen LogP contribution in [0.3, 0.4) is 0 Å². The monoisotopic (exact) mass is 297 g/mol. The Hall–Kier alpha value is -0.570. The summed E-state index contributed by atoms with van der Waals surface area (Å²) in [5.74, 6) is 0. The second-order valence-electron chi connectivity index (χ2n) is 5.15. The molecule has 0 aromatic heterocycles. The van der Waals surface area contributed by atoms with Gasteiger partial charge in [-0.15, -0.1) is 0 Å². The molecule has 1 aromatic carbocycles. The van der Waals surface area contributed by atoms with Crippen molar-refractivity contribution < 1.29 is 4.74 Å². The van der Waals surface area contributed by atoms with E-state index in [0.29, 0.717) is 6.04 Å². The van der Waals surface area contributed by atoms with E-state index in [1.165, 1.54) is 5.56 Å². The van der Waals surface area contributed by atoms with Crippen molar-refractivity contribution in [1.82, 2.24) is 5.32 Å². The van der Waals surface area contributed by atoms with Crippen LogP contribution >= 0.6 is 11.6 Å². The quantitative estimate of drug-likeness (QED) is 0.727. The van der Waals surface area contributed by atoms with Gasteiger partial charge in [0.05, 0.1) is 5.60 Å². The Kier molecular flexibility index (Phi) is 7.57. The molecule has 0 aliphatic carbocycles. The maximum Gasteiger partial charge on any atom is 0.0832 e. The molecule has 1 unspecified atom stereocenters. The van der Waals surface area contributed by atoms with Gasteiger partial charge in [-0.05, 0) is 50.4 Å². The molecule has 20 heavy (non-hydrogen) atoms. The standard InChI is InChI=1S/C17H28ClNO/c1-5-17(6-2,20-8-4)16(19-7-3)13-14-9-11-15(18)12-10-14/h9-12,16,19H,5-8,13H2,1-4H3. The van der Waals surface area contributed by atoms with Crippen molar-refractivity contribution in [3.05, 3.63) is 34.9 Å². The summed E-state index contributed by atoms with van der Waals surface area (Å²) in [6, 6.07) is 8.45. The first kappa shape index (κ1) is 17.5. The Labute approximate surface area is 128 Å². The zero-order valence-corrected chi connectivity index (χ0v) is 14.0. The van der Waals surface area contributed by atoms with E-state index in [1.54, 1.807) is 0 Å². The Morgan fingerprint density at radius 2 is 1.70 bits per heavy atom. The van der Waals surface area contributed by atoms with Crippen molar-refractivity contribution in [1.29, 1.82) is 0 Å². The van der Waals surface area contributed by atoms with Crippen LogP contribution in [0.5, 0.6) is 0 Å². The molecule has 1 rings (SSSR count). The van der Waals surface area contributed by atoms with Crippen LogP contribution in [0.25, 0.3) is 0 Å². The van der Waals surface area contributed by atoms with Gasteiger partial charge < -0.3 is 10.1 Å². The van der Waals surface area contributed by atoms with E-state index in [9.17, 15) is 0 Å². The molecular formula is C17H28ClNO. The third-order valence-electron chi connectivity index (χ3n) is 4.07. The number of halogens is 1. The summed E-state index contributed by atoms with van der Waals surface area (Å²) in [5, 5.41) is 4.40. The molecule has 114 valence electrons. The lowest BCUT2D eigenvalue weighted by molar-refractivity contribution is -0.0715. The van der Waals surface area contributed by atoms with E-state index in [0.717, 1.165) is 37.4 Å². The van der Waals surface area contributed by atoms with Gasteiger partial charge in [-0.1, -0.05) is 44.5 Å². The van der Waals surface area contributed by atoms with Crippen LogP contribution in [0, 0.1) is 0 Å². The predicted octanol–water partition coefficient (Wildman–Crippen LogP) is 4.46. The fourth-order valence-electron chi connectivity index (χ4n) is 2.88. The molecule has 1 atom stereocenters. The molecule has 1 aromatic rings. The van der Waals surface area contributed by atoms with Crippen LogP contribution in [0.15, 0.2) is 24.3 Å². The molecule has 0 aliphatic rings. The Morgan fingerprint density at radius 1 is 1.10 bits per heavy atom. The van der Waals surface area contributed by atoms with Gasteiger partial charge in [0.25, 0.3) is 0 Å². The normalized spacial score (nSPS) is 13.4. The van der Waals surface area contributed by atoms with Crippen LogP contribution in [0.1, 0.15) is 46.1 Å². The summed E-state index contributed by atoms with van der Waals surface area (Å²) in [6.07, 6.45) is 3.00. The maximum atomic E-state index is 6.15. The summed E-state index contributed by atoms with van der Waals surface area (Å²) < 4.78 is 6.15. The lowest BCUT2D eigenvalue weighted by atomic mass is 9.84. The van der Waals surface area contributed by atoms with Crippen LogP contribution < -0.4 is 5.32 Å². The first-order chi connectivity index (χ1) is 9.61.